The van der Waals surface area contributed by atoms with Gasteiger partial charge in [-0.2, -0.15) is 0 Å². The number of hydrogen-bond donors (Lipinski definition) is 0. The number of likely N-dealkylation sites (tertiary alicyclic amines) is 1. The number of carbonyl (C=O) groups excluding carboxylic acids is 1. The molecule has 0 saturated carbocycles. The molecule has 1 saturated heterocycles. The molecule has 0 unspecified atom stereocenters. The highest BCUT2D eigenvalue weighted by molar-refractivity contribution is 5.97. The van der Waals surface area contributed by atoms with Gasteiger partial charge in [0, 0.05) is 26.3 Å². The fraction of sp³-hybridized carbons (Fsp3) is 0.562. The molecule has 0 aliphatic carbocycles. The van der Waals surface area contributed by atoms with Crippen LogP contribution in [0.1, 0.15) is 30.1 Å². The van der Waals surface area contributed by atoms with Gasteiger partial charge in [0.05, 0.1) is 12.7 Å². The van der Waals surface area contributed by atoms with E-state index in [0.29, 0.717) is 17.2 Å². The van der Waals surface area contributed by atoms with Crippen LogP contribution < -0.4 is 4.74 Å². The first kappa shape index (κ1) is 14.9. The summed E-state index contributed by atoms with van der Waals surface area (Å²) in [5.74, 6) is 1.29. The summed E-state index contributed by atoms with van der Waals surface area (Å²) in [5, 5.41) is 0. The van der Waals surface area contributed by atoms with E-state index in [4.69, 9.17) is 9.47 Å². The Labute approximate surface area is 120 Å². The van der Waals surface area contributed by atoms with Crippen molar-refractivity contribution < 1.29 is 14.3 Å². The highest BCUT2D eigenvalue weighted by Crippen LogP contribution is 2.23. The second kappa shape index (κ2) is 7.29. The maximum atomic E-state index is 12.5. The topological polar surface area (TPSA) is 38.8 Å². The molecule has 4 nitrogen and oxygen atoms in total. The summed E-state index contributed by atoms with van der Waals surface area (Å²) in [7, 11) is 1.60. The Hall–Kier alpha value is -1.55. The second-order valence-corrected chi connectivity index (χ2v) is 5.10. The van der Waals surface area contributed by atoms with Crippen molar-refractivity contribution in [1.29, 1.82) is 0 Å². The van der Waals surface area contributed by atoms with Crippen LogP contribution in [0.5, 0.6) is 5.75 Å². The van der Waals surface area contributed by atoms with E-state index in [1.807, 2.05) is 36.1 Å². The van der Waals surface area contributed by atoms with E-state index in [2.05, 4.69) is 0 Å². The van der Waals surface area contributed by atoms with Gasteiger partial charge < -0.3 is 14.4 Å². The van der Waals surface area contributed by atoms with Gasteiger partial charge in [0.25, 0.3) is 5.91 Å². The van der Waals surface area contributed by atoms with Crippen LogP contribution in [-0.4, -0.2) is 44.2 Å². The minimum atomic E-state index is 0.0670. The van der Waals surface area contributed by atoms with Gasteiger partial charge in [-0.25, -0.2) is 0 Å². The van der Waals surface area contributed by atoms with Crippen molar-refractivity contribution in [2.24, 2.45) is 5.92 Å². The molecule has 1 amide bonds. The first-order valence-electron chi connectivity index (χ1n) is 7.26. The van der Waals surface area contributed by atoms with E-state index in [9.17, 15) is 4.79 Å². The molecule has 1 aromatic rings. The van der Waals surface area contributed by atoms with Crippen molar-refractivity contribution in [2.45, 2.75) is 19.8 Å². The van der Waals surface area contributed by atoms with Crippen LogP contribution in [0.4, 0.5) is 0 Å². The lowest BCUT2D eigenvalue weighted by Gasteiger charge is -2.32. The van der Waals surface area contributed by atoms with E-state index < -0.39 is 0 Å². The van der Waals surface area contributed by atoms with Gasteiger partial charge in [-0.3, -0.25) is 4.79 Å². The molecule has 0 N–H and O–H groups in total. The minimum absolute atomic E-state index is 0.0670. The summed E-state index contributed by atoms with van der Waals surface area (Å²) in [5.41, 5.74) is 0.651. The quantitative estimate of drug-likeness (QED) is 0.830. The van der Waals surface area contributed by atoms with Crippen LogP contribution in [0.3, 0.4) is 0 Å². The normalized spacial score (nSPS) is 16.2. The lowest BCUT2D eigenvalue weighted by molar-refractivity contribution is 0.0549. The lowest BCUT2D eigenvalue weighted by atomic mass is 9.97. The summed E-state index contributed by atoms with van der Waals surface area (Å²) in [6.07, 6.45) is 2.03. The number of amides is 1. The maximum absolute atomic E-state index is 12.5. The molecule has 4 heteroatoms. The molecular weight excluding hydrogens is 254 g/mol. The molecule has 0 atom stereocenters. The molecule has 1 aliphatic rings. The maximum Gasteiger partial charge on any atom is 0.257 e. The van der Waals surface area contributed by atoms with E-state index in [-0.39, 0.29) is 5.91 Å². The van der Waals surface area contributed by atoms with Crippen molar-refractivity contribution in [3.63, 3.8) is 0 Å². The summed E-state index contributed by atoms with van der Waals surface area (Å²) in [6.45, 7) is 5.19. The van der Waals surface area contributed by atoms with Gasteiger partial charge in [-0.15, -0.1) is 0 Å². The van der Waals surface area contributed by atoms with E-state index in [1.165, 1.54) is 0 Å². The fourth-order valence-corrected chi connectivity index (χ4v) is 2.58. The number of rotatable bonds is 5. The number of hydrogen-bond acceptors (Lipinski definition) is 3. The van der Waals surface area contributed by atoms with Crippen molar-refractivity contribution in [1.82, 2.24) is 4.90 Å². The summed E-state index contributed by atoms with van der Waals surface area (Å²) < 4.78 is 10.7. The first-order chi connectivity index (χ1) is 9.76. The molecule has 20 heavy (non-hydrogen) atoms. The molecule has 0 radical (unpaired) electrons. The van der Waals surface area contributed by atoms with Gasteiger partial charge in [0.2, 0.25) is 0 Å². The van der Waals surface area contributed by atoms with Gasteiger partial charge in [0.15, 0.2) is 0 Å². The number of nitrogens with zero attached hydrogens (tertiary/aromatic N) is 1. The highest BCUT2D eigenvalue weighted by atomic mass is 16.5. The van der Waals surface area contributed by atoms with Gasteiger partial charge in [-0.05, 0) is 37.8 Å². The number of methoxy groups -OCH3 is 1. The zero-order chi connectivity index (χ0) is 14.4. The van der Waals surface area contributed by atoms with E-state index >= 15 is 0 Å². The predicted molar refractivity (Wildman–Crippen MR) is 78.1 cm³/mol. The Kier molecular flexibility index (Phi) is 5.41. The molecule has 0 bridgehead atoms. The highest BCUT2D eigenvalue weighted by Gasteiger charge is 2.25. The van der Waals surface area contributed by atoms with Crippen molar-refractivity contribution in [3.05, 3.63) is 29.8 Å². The molecule has 1 heterocycles. The molecule has 1 aliphatic heterocycles. The largest absolute Gasteiger partial charge is 0.496 e. The Bertz CT molecular complexity index is 439. The smallest absolute Gasteiger partial charge is 0.257 e. The monoisotopic (exact) mass is 277 g/mol. The third-order valence-electron chi connectivity index (χ3n) is 3.80. The first-order valence-corrected chi connectivity index (χ1v) is 7.26. The van der Waals surface area contributed by atoms with Crippen LogP contribution in [0.2, 0.25) is 0 Å². The van der Waals surface area contributed by atoms with Gasteiger partial charge >= 0.3 is 0 Å². The molecule has 1 fully saturated rings. The third kappa shape index (κ3) is 3.51. The van der Waals surface area contributed by atoms with E-state index in [0.717, 1.165) is 39.1 Å². The van der Waals surface area contributed by atoms with Crippen molar-refractivity contribution >= 4 is 5.91 Å². The predicted octanol–water partition coefficient (Wildman–Crippen LogP) is 2.58. The Balaban J connectivity index is 1.94. The van der Waals surface area contributed by atoms with Crippen LogP contribution in [0.15, 0.2) is 24.3 Å². The Morgan fingerprint density at radius 1 is 1.30 bits per heavy atom. The average molecular weight is 277 g/mol. The summed E-state index contributed by atoms with van der Waals surface area (Å²) >= 11 is 0. The third-order valence-corrected chi connectivity index (χ3v) is 3.80. The minimum Gasteiger partial charge on any atom is -0.496 e. The Morgan fingerprint density at radius 2 is 2.00 bits per heavy atom. The molecule has 0 spiro atoms. The number of ether oxygens (including phenoxy) is 2. The number of carbonyl (C=O) groups is 1. The standard InChI is InChI=1S/C16H23NO3/c1-3-20-12-13-8-10-17(11-9-13)16(18)14-6-4-5-7-15(14)19-2/h4-7,13H,3,8-12H2,1-2H3. The Morgan fingerprint density at radius 3 is 2.65 bits per heavy atom. The van der Waals surface area contributed by atoms with Crippen molar-refractivity contribution in [2.75, 3.05) is 33.4 Å². The van der Waals surface area contributed by atoms with Crippen LogP contribution in [-0.2, 0) is 4.74 Å². The number of benzene rings is 1. The second-order valence-electron chi connectivity index (χ2n) is 5.10. The SMILES string of the molecule is CCOCC1CCN(C(=O)c2ccccc2OC)CC1. The van der Waals surface area contributed by atoms with Crippen LogP contribution >= 0.6 is 0 Å². The molecule has 0 aromatic heterocycles. The summed E-state index contributed by atoms with van der Waals surface area (Å²) in [6, 6.07) is 7.41. The zero-order valence-corrected chi connectivity index (χ0v) is 12.3. The zero-order valence-electron chi connectivity index (χ0n) is 12.3. The number of para-hydroxylation sites is 1. The average Bonchev–Trinajstić information content (AvgIpc) is 2.52. The molecule has 110 valence electrons. The molecular formula is C16H23NO3. The number of piperidine rings is 1. The van der Waals surface area contributed by atoms with Crippen LogP contribution in [0.25, 0.3) is 0 Å². The molecule has 2 rings (SSSR count). The summed E-state index contributed by atoms with van der Waals surface area (Å²) in [4.78, 5) is 14.4. The van der Waals surface area contributed by atoms with Crippen molar-refractivity contribution in [3.8, 4) is 5.75 Å². The van der Waals surface area contributed by atoms with Gasteiger partial charge in [-0.1, -0.05) is 12.1 Å². The lowest BCUT2D eigenvalue weighted by Crippen LogP contribution is -2.39. The molecule has 1 aromatic carbocycles. The van der Waals surface area contributed by atoms with Gasteiger partial charge in [0.1, 0.15) is 5.75 Å². The van der Waals surface area contributed by atoms with Crippen LogP contribution in [0, 0.1) is 5.92 Å². The fourth-order valence-electron chi connectivity index (χ4n) is 2.58. The van der Waals surface area contributed by atoms with E-state index in [1.54, 1.807) is 7.11 Å².